The number of esters is 2. The molecule has 2 aromatic rings. The van der Waals surface area contributed by atoms with Crippen LogP contribution in [0.25, 0.3) is 0 Å². The second-order valence-corrected chi connectivity index (χ2v) is 22.8. The monoisotopic (exact) mass is 1080 g/mol. The summed E-state index contributed by atoms with van der Waals surface area (Å²) in [6.45, 7) is 21.5. The van der Waals surface area contributed by atoms with Gasteiger partial charge in [-0.25, -0.2) is 0 Å². The molecule has 1 fully saturated rings. The number of nitrogens with one attached hydrogen (secondary N) is 4. The highest BCUT2D eigenvalue weighted by atomic mass is 16.7. The summed E-state index contributed by atoms with van der Waals surface area (Å²) < 4.78 is 41.1. The van der Waals surface area contributed by atoms with Crippen LogP contribution in [0.5, 0.6) is 5.75 Å². The molecule has 0 spiro atoms. The van der Waals surface area contributed by atoms with Crippen molar-refractivity contribution < 1.29 is 72.1 Å². The summed E-state index contributed by atoms with van der Waals surface area (Å²) in [6.07, 6.45) is -1.25. The molecule has 1 aliphatic rings. The Bertz CT molecular complexity index is 2170. The highest BCUT2D eigenvalue weighted by Gasteiger charge is 2.47. The van der Waals surface area contributed by atoms with Crippen molar-refractivity contribution in [1.29, 1.82) is 0 Å². The van der Waals surface area contributed by atoms with Gasteiger partial charge >= 0.3 is 11.9 Å². The molecule has 1 heterocycles. The van der Waals surface area contributed by atoms with Crippen molar-refractivity contribution in [2.75, 3.05) is 86.1 Å². The Morgan fingerprint density at radius 2 is 0.948 bits per heavy atom. The molecule has 0 aromatic heterocycles. The zero-order valence-corrected chi connectivity index (χ0v) is 48.2. The number of benzene rings is 2. The molecule has 2 aromatic carbocycles. The molecule has 77 heavy (non-hydrogen) atoms. The molecule has 0 aliphatic carbocycles. The number of hydrogen-bond acceptors (Lipinski definition) is 15. The Morgan fingerprint density at radius 3 is 1.32 bits per heavy atom. The summed E-state index contributed by atoms with van der Waals surface area (Å²) >= 11 is 0. The Morgan fingerprint density at radius 1 is 0.584 bits per heavy atom. The fraction of sp³-hybridized carbons (Fsp3) is 0.690. The maximum absolute atomic E-state index is 14.1. The van der Waals surface area contributed by atoms with E-state index in [1.165, 1.54) is 0 Å². The predicted molar refractivity (Wildman–Crippen MR) is 290 cm³/mol. The van der Waals surface area contributed by atoms with E-state index in [1.54, 1.807) is 66.0 Å². The van der Waals surface area contributed by atoms with E-state index < -0.39 is 69.9 Å². The number of aryl methyl sites for hydroxylation is 1. The van der Waals surface area contributed by atoms with E-state index in [1.807, 2.05) is 72.7 Å². The average Bonchev–Trinajstić information content (AvgIpc) is 3.38. The Hall–Kier alpha value is -5.18. The van der Waals surface area contributed by atoms with Gasteiger partial charge in [0.25, 0.3) is 0 Å². The number of amides is 4. The SMILES string of the molecule is COc1ccc(C2OCCNC(=O)C(C)CC(C)(C(=O)OCCO)CC(C)(C)C(C)C(=O)NCCOC(c3ccc(C)cc3)OCCNC(=O)C(C)C(C)(C)CC(C)(C(=O)OCCO)CC(C(C)C)C(=O)NCCO2)cc1. The van der Waals surface area contributed by atoms with E-state index in [0.717, 1.165) is 11.1 Å². The lowest BCUT2D eigenvalue weighted by Gasteiger charge is -2.40. The number of hydrogen-bond donors (Lipinski definition) is 6. The fourth-order valence-electron chi connectivity index (χ4n) is 9.93. The Balaban J connectivity index is 1.97. The number of carbonyl (C=O) groups excluding carboxylic acids is 6. The van der Waals surface area contributed by atoms with Crippen molar-refractivity contribution in [3.63, 3.8) is 0 Å². The lowest BCUT2D eigenvalue weighted by molar-refractivity contribution is -0.161. The average molecular weight is 1090 g/mol. The normalized spacial score (nSPS) is 27.8. The number of rotatable bonds is 10. The van der Waals surface area contributed by atoms with Gasteiger partial charge in [0, 0.05) is 61.0 Å². The second kappa shape index (κ2) is 31.4. The molecule has 8 atom stereocenters. The highest BCUT2D eigenvalue weighted by molar-refractivity contribution is 5.83. The van der Waals surface area contributed by atoms with Crippen molar-refractivity contribution in [3.8, 4) is 5.75 Å². The van der Waals surface area contributed by atoms with E-state index in [9.17, 15) is 39.0 Å². The smallest absolute Gasteiger partial charge is 0.311 e. The minimum absolute atomic E-state index is 0.0262. The van der Waals surface area contributed by atoms with Crippen LogP contribution in [-0.2, 0) is 57.2 Å². The summed E-state index contributed by atoms with van der Waals surface area (Å²) in [4.78, 5) is 83.2. The Labute approximate surface area is 457 Å². The highest BCUT2D eigenvalue weighted by Crippen LogP contribution is 2.46. The van der Waals surface area contributed by atoms with Crippen LogP contribution >= 0.6 is 0 Å². The maximum Gasteiger partial charge on any atom is 0.311 e. The van der Waals surface area contributed by atoms with Gasteiger partial charge in [-0.3, -0.25) is 28.8 Å². The van der Waals surface area contributed by atoms with Crippen molar-refractivity contribution in [1.82, 2.24) is 21.3 Å². The molecule has 6 N–H and O–H groups in total. The van der Waals surface area contributed by atoms with Crippen molar-refractivity contribution >= 4 is 35.6 Å². The first-order valence-corrected chi connectivity index (χ1v) is 27.1. The van der Waals surface area contributed by atoms with Crippen molar-refractivity contribution in [2.24, 2.45) is 51.2 Å². The first-order chi connectivity index (χ1) is 36.2. The fourth-order valence-corrected chi connectivity index (χ4v) is 9.93. The molecule has 4 amide bonds. The van der Waals surface area contributed by atoms with Crippen LogP contribution in [0.15, 0.2) is 48.5 Å². The van der Waals surface area contributed by atoms with Crippen LogP contribution in [0.4, 0.5) is 0 Å². The number of ether oxygens (including phenoxy) is 7. The van der Waals surface area contributed by atoms with E-state index in [4.69, 9.17) is 33.2 Å². The van der Waals surface area contributed by atoms with E-state index in [0.29, 0.717) is 11.3 Å². The maximum atomic E-state index is 14.1. The predicted octanol–water partition coefficient (Wildman–Crippen LogP) is 6.12. The van der Waals surface area contributed by atoms with Gasteiger partial charge in [-0.05, 0) is 75.3 Å². The summed E-state index contributed by atoms with van der Waals surface area (Å²) in [7, 11) is 1.55. The summed E-state index contributed by atoms with van der Waals surface area (Å²) in [5, 5.41) is 30.9. The summed E-state index contributed by atoms with van der Waals surface area (Å²) in [6, 6.07) is 14.7. The van der Waals surface area contributed by atoms with Gasteiger partial charge in [-0.2, -0.15) is 0 Å². The molecule has 434 valence electrons. The molecule has 1 saturated heterocycles. The molecule has 0 radical (unpaired) electrons. The molecule has 19 heteroatoms. The van der Waals surface area contributed by atoms with Gasteiger partial charge in [0.1, 0.15) is 19.0 Å². The number of methoxy groups -OCH3 is 1. The van der Waals surface area contributed by atoms with Crippen molar-refractivity contribution in [3.05, 3.63) is 65.2 Å². The van der Waals surface area contributed by atoms with Crippen LogP contribution in [0, 0.1) is 58.2 Å². The van der Waals surface area contributed by atoms with Gasteiger partial charge in [0.2, 0.25) is 23.6 Å². The van der Waals surface area contributed by atoms with E-state index >= 15 is 0 Å². The molecule has 8 unspecified atom stereocenters. The lowest BCUT2D eigenvalue weighted by atomic mass is 9.64. The number of aliphatic hydroxyl groups is 2. The van der Waals surface area contributed by atoms with Crippen LogP contribution in [0.1, 0.15) is 131 Å². The third-order valence-electron chi connectivity index (χ3n) is 14.9. The van der Waals surface area contributed by atoms with Crippen LogP contribution in [0.3, 0.4) is 0 Å². The van der Waals surface area contributed by atoms with E-state index in [-0.39, 0.29) is 134 Å². The van der Waals surface area contributed by atoms with Gasteiger partial charge in [0.05, 0.1) is 57.6 Å². The molecular formula is C58H92N4O15. The lowest BCUT2D eigenvalue weighted by Crippen LogP contribution is -2.46. The zero-order valence-electron chi connectivity index (χ0n) is 48.2. The molecule has 0 bridgehead atoms. The molecule has 3 rings (SSSR count). The summed E-state index contributed by atoms with van der Waals surface area (Å²) in [5.74, 6) is -4.56. The first kappa shape index (κ1) is 66.1. The van der Waals surface area contributed by atoms with Gasteiger partial charge in [-0.15, -0.1) is 0 Å². The van der Waals surface area contributed by atoms with Crippen LogP contribution in [0.2, 0.25) is 0 Å². The molecular weight excluding hydrogens is 993 g/mol. The second-order valence-electron chi connectivity index (χ2n) is 22.8. The topological polar surface area (TPSA) is 256 Å². The number of aliphatic hydroxyl groups excluding tert-OH is 2. The number of carbonyl (C=O) groups is 6. The van der Waals surface area contributed by atoms with Crippen molar-refractivity contribution in [2.45, 2.75) is 121 Å². The quantitative estimate of drug-likeness (QED) is 0.147. The van der Waals surface area contributed by atoms with Crippen LogP contribution < -0.4 is 26.0 Å². The minimum Gasteiger partial charge on any atom is -0.497 e. The zero-order chi connectivity index (χ0) is 57.6. The first-order valence-electron chi connectivity index (χ1n) is 27.1. The third kappa shape index (κ3) is 20.9. The van der Waals surface area contributed by atoms with E-state index in [2.05, 4.69) is 21.3 Å². The Kier molecular flexibility index (Phi) is 27.0. The minimum atomic E-state index is -1.26. The third-order valence-corrected chi connectivity index (χ3v) is 14.9. The van der Waals surface area contributed by atoms with Gasteiger partial charge in [-0.1, -0.05) is 104 Å². The van der Waals surface area contributed by atoms with Crippen LogP contribution in [-0.4, -0.2) is 132 Å². The summed E-state index contributed by atoms with van der Waals surface area (Å²) in [5.41, 5.74) is -1.66. The molecule has 1 aliphatic heterocycles. The molecule has 0 saturated carbocycles. The largest absolute Gasteiger partial charge is 0.497 e. The van der Waals surface area contributed by atoms with Gasteiger partial charge < -0.3 is 64.6 Å². The van der Waals surface area contributed by atoms with Gasteiger partial charge in [0.15, 0.2) is 12.6 Å². The molecule has 19 nitrogen and oxygen atoms in total. The standard InChI is InChI=1S/C58H92N4O15/c1-38(2)46-35-58(12,54(70)77-33-27-64)37-56(9,10)42(6)49(67)61-24-30-74-51(43-16-14-39(3)15-17-43)73-29-23-60-48(66)41(5)55(7,8)36-57(11,53(69)76-32-26-63)34-40(4)47(65)59-22-28-72-52(75-31-25-62-50(46)68)44-18-20-45(71-13)21-19-44/h14-21,38,40-42,46,51-52,63-64H,22-37H2,1-13H3,(H,59,65)(H,60,66)(H,61,67)(H,62,68).